The van der Waals surface area contributed by atoms with Gasteiger partial charge in [-0.3, -0.25) is 0 Å². The average molecular weight is 238 g/mol. The van der Waals surface area contributed by atoms with E-state index in [9.17, 15) is 0 Å². The third-order valence-electron chi connectivity index (χ3n) is 2.93. The molecule has 0 aliphatic heterocycles. The van der Waals surface area contributed by atoms with Crippen LogP contribution in [-0.4, -0.2) is 15.0 Å². The van der Waals surface area contributed by atoms with Crippen molar-refractivity contribution in [1.29, 1.82) is 0 Å². The van der Waals surface area contributed by atoms with E-state index in [4.69, 9.17) is 5.73 Å². The Labute approximate surface area is 105 Å². The molecule has 0 atom stereocenters. The number of nitrogens with zero attached hydrogens (tertiary/aromatic N) is 3. The number of aryl methyl sites for hydroxylation is 1. The van der Waals surface area contributed by atoms with Gasteiger partial charge in [-0.25, -0.2) is 4.68 Å². The normalized spacial score (nSPS) is 12.1. The van der Waals surface area contributed by atoms with Gasteiger partial charge in [-0.2, -0.15) is 0 Å². The Morgan fingerprint density at radius 1 is 1.18 bits per heavy atom. The van der Waals surface area contributed by atoms with E-state index in [1.807, 2.05) is 4.68 Å². The van der Waals surface area contributed by atoms with Gasteiger partial charge in [-0.1, -0.05) is 52.2 Å². The molecule has 0 unspecified atom stereocenters. The summed E-state index contributed by atoms with van der Waals surface area (Å²) < 4.78 is 2.04. The van der Waals surface area contributed by atoms with E-state index in [1.54, 1.807) is 0 Å². The zero-order chi connectivity index (χ0) is 12.9. The van der Waals surface area contributed by atoms with Gasteiger partial charge in [-0.05, 0) is 6.42 Å². The summed E-state index contributed by atoms with van der Waals surface area (Å²) in [7, 11) is 0. The summed E-state index contributed by atoms with van der Waals surface area (Å²) in [6.07, 6.45) is 4.99. The molecule has 0 aromatic carbocycles. The number of aromatic nitrogens is 3. The van der Waals surface area contributed by atoms with Crippen LogP contribution in [0.25, 0.3) is 0 Å². The van der Waals surface area contributed by atoms with Gasteiger partial charge in [0.2, 0.25) is 0 Å². The summed E-state index contributed by atoms with van der Waals surface area (Å²) in [5, 5.41) is 8.43. The lowest BCUT2D eigenvalue weighted by molar-refractivity contribution is 0.457. The molecule has 4 nitrogen and oxygen atoms in total. The molecule has 98 valence electrons. The van der Waals surface area contributed by atoms with E-state index in [-0.39, 0.29) is 5.41 Å². The number of rotatable bonds is 6. The maximum atomic E-state index is 5.72. The standard InChI is InChI=1S/C13H26N4/c1-5-6-7-8-9-17-12(13(2,3)4)11(10-14)15-16-17/h5-10,14H2,1-4H3. The second-order valence-electron chi connectivity index (χ2n) is 5.62. The van der Waals surface area contributed by atoms with Gasteiger partial charge in [0.1, 0.15) is 0 Å². The number of unbranched alkanes of at least 4 members (excludes halogenated alkanes) is 3. The smallest absolute Gasteiger partial charge is 0.1000 e. The molecule has 4 heteroatoms. The third kappa shape index (κ3) is 3.80. The molecule has 1 aromatic heterocycles. The average Bonchev–Trinajstić information content (AvgIpc) is 2.67. The molecule has 0 saturated heterocycles. The molecular weight excluding hydrogens is 212 g/mol. The third-order valence-corrected chi connectivity index (χ3v) is 2.93. The van der Waals surface area contributed by atoms with Crippen LogP contribution < -0.4 is 5.73 Å². The summed E-state index contributed by atoms with van der Waals surface area (Å²) in [6, 6.07) is 0. The van der Waals surface area contributed by atoms with Crippen molar-refractivity contribution in [2.45, 2.75) is 71.9 Å². The highest BCUT2D eigenvalue weighted by Crippen LogP contribution is 2.24. The van der Waals surface area contributed by atoms with Crippen LogP contribution >= 0.6 is 0 Å². The molecular formula is C13H26N4. The minimum atomic E-state index is 0.0585. The van der Waals surface area contributed by atoms with Crippen LogP contribution in [0.5, 0.6) is 0 Å². The first-order chi connectivity index (χ1) is 8.00. The number of hydrogen-bond donors (Lipinski definition) is 1. The molecule has 1 heterocycles. The summed E-state index contributed by atoms with van der Waals surface area (Å²) in [5.41, 5.74) is 7.91. The van der Waals surface area contributed by atoms with E-state index < -0.39 is 0 Å². The van der Waals surface area contributed by atoms with Crippen molar-refractivity contribution in [3.05, 3.63) is 11.4 Å². The fourth-order valence-corrected chi connectivity index (χ4v) is 2.15. The zero-order valence-corrected chi connectivity index (χ0v) is 11.7. The molecule has 0 bridgehead atoms. The minimum Gasteiger partial charge on any atom is -0.325 e. The van der Waals surface area contributed by atoms with Gasteiger partial charge in [0.05, 0.1) is 11.4 Å². The van der Waals surface area contributed by atoms with Crippen LogP contribution in [0.1, 0.15) is 64.8 Å². The van der Waals surface area contributed by atoms with E-state index in [2.05, 4.69) is 38.0 Å². The second kappa shape index (κ2) is 6.15. The quantitative estimate of drug-likeness (QED) is 0.775. The summed E-state index contributed by atoms with van der Waals surface area (Å²) in [6.45, 7) is 10.2. The highest BCUT2D eigenvalue weighted by atomic mass is 15.4. The Balaban J connectivity index is 2.75. The topological polar surface area (TPSA) is 56.7 Å². The fraction of sp³-hybridized carbons (Fsp3) is 0.846. The lowest BCUT2D eigenvalue weighted by Crippen LogP contribution is -2.21. The second-order valence-corrected chi connectivity index (χ2v) is 5.62. The van der Waals surface area contributed by atoms with Crippen molar-refractivity contribution in [3.63, 3.8) is 0 Å². The Morgan fingerprint density at radius 2 is 1.88 bits per heavy atom. The van der Waals surface area contributed by atoms with Crippen LogP contribution in [-0.2, 0) is 18.5 Å². The highest BCUT2D eigenvalue weighted by molar-refractivity contribution is 5.19. The van der Waals surface area contributed by atoms with E-state index >= 15 is 0 Å². The van der Waals surface area contributed by atoms with Gasteiger partial charge in [0.15, 0.2) is 0 Å². The van der Waals surface area contributed by atoms with Gasteiger partial charge >= 0.3 is 0 Å². The number of nitrogens with two attached hydrogens (primary N) is 1. The lowest BCUT2D eigenvalue weighted by Gasteiger charge is -2.21. The zero-order valence-electron chi connectivity index (χ0n) is 11.7. The van der Waals surface area contributed by atoms with Crippen molar-refractivity contribution >= 4 is 0 Å². The molecule has 0 aliphatic carbocycles. The summed E-state index contributed by atoms with van der Waals surface area (Å²) >= 11 is 0. The Bertz CT molecular complexity index is 336. The first-order valence-corrected chi connectivity index (χ1v) is 6.63. The summed E-state index contributed by atoms with van der Waals surface area (Å²) in [5.74, 6) is 0. The lowest BCUT2D eigenvalue weighted by atomic mass is 9.90. The van der Waals surface area contributed by atoms with Crippen LogP contribution in [0.3, 0.4) is 0 Å². The highest BCUT2D eigenvalue weighted by Gasteiger charge is 2.24. The van der Waals surface area contributed by atoms with E-state index in [0.717, 1.165) is 12.2 Å². The van der Waals surface area contributed by atoms with Crippen LogP contribution in [0.15, 0.2) is 0 Å². The molecule has 0 amide bonds. The fourth-order valence-electron chi connectivity index (χ4n) is 2.15. The van der Waals surface area contributed by atoms with Gasteiger partial charge in [-0.15, -0.1) is 5.10 Å². The maximum Gasteiger partial charge on any atom is 0.1000 e. The van der Waals surface area contributed by atoms with Gasteiger partial charge in [0, 0.05) is 18.5 Å². The molecule has 17 heavy (non-hydrogen) atoms. The summed E-state index contributed by atoms with van der Waals surface area (Å²) in [4.78, 5) is 0. The SMILES string of the molecule is CCCCCCn1nnc(CN)c1C(C)(C)C. The molecule has 0 aliphatic rings. The molecule has 0 spiro atoms. The van der Waals surface area contributed by atoms with Crippen LogP contribution in [0, 0.1) is 0 Å². The monoisotopic (exact) mass is 238 g/mol. The predicted octanol–water partition coefficient (Wildman–Crippen LogP) is 2.61. The Morgan fingerprint density at radius 3 is 2.41 bits per heavy atom. The van der Waals surface area contributed by atoms with Crippen molar-refractivity contribution in [1.82, 2.24) is 15.0 Å². The predicted molar refractivity (Wildman–Crippen MR) is 70.8 cm³/mol. The first-order valence-electron chi connectivity index (χ1n) is 6.63. The van der Waals surface area contributed by atoms with E-state index in [0.29, 0.717) is 6.54 Å². The molecule has 1 aromatic rings. The largest absolute Gasteiger partial charge is 0.325 e. The maximum absolute atomic E-state index is 5.72. The van der Waals surface area contributed by atoms with E-state index in [1.165, 1.54) is 31.4 Å². The molecule has 0 fully saturated rings. The number of hydrogen-bond acceptors (Lipinski definition) is 3. The van der Waals surface area contributed by atoms with Gasteiger partial charge in [0.25, 0.3) is 0 Å². The van der Waals surface area contributed by atoms with Crippen molar-refractivity contribution in [2.24, 2.45) is 5.73 Å². The Kier molecular flexibility index (Phi) is 5.12. The van der Waals surface area contributed by atoms with Gasteiger partial charge < -0.3 is 5.73 Å². The van der Waals surface area contributed by atoms with Crippen LogP contribution in [0.2, 0.25) is 0 Å². The first kappa shape index (κ1) is 14.2. The molecule has 2 N–H and O–H groups in total. The van der Waals surface area contributed by atoms with Crippen molar-refractivity contribution < 1.29 is 0 Å². The van der Waals surface area contributed by atoms with Crippen molar-refractivity contribution in [3.8, 4) is 0 Å². The van der Waals surface area contributed by atoms with Crippen molar-refractivity contribution in [2.75, 3.05) is 0 Å². The molecule has 0 radical (unpaired) electrons. The molecule has 0 saturated carbocycles. The minimum absolute atomic E-state index is 0.0585. The Hall–Kier alpha value is -0.900. The van der Waals surface area contributed by atoms with Crippen LogP contribution in [0.4, 0.5) is 0 Å². The molecule has 1 rings (SSSR count).